The van der Waals surface area contributed by atoms with Crippen LogP contribution in [0.5, 0.6) is 5.75 Å². The van der Waals surface area contributed by atoms with E-state index in [0.717, 1.165) is 11.1 Å². The maximum atomic E-state index is 13.7. The third-order valence-electron chi connectivity index (χ3n) is 5.63. The van der Waals surface area contributed by atoms with Gasteiger partial charge >= 0.3 is 0 Å². The van der Waals surface area contributed by atoms with Crippen LogP contribution in [0, 0.1) is 19.7 Å². The number of carbonyl (C=O) groups excluding carboxylic acids is 2. The molecule has 3 aromatic carbocycles. The number of carbonyl (C=O) groups is 2. The summed E-state index contributed by atoms with van der Waals surface area (Å²) in [5.41, 5.74) is 2.37. The number of aliphatic hydroxyl groups is 1. The van der Waals surface area contributed by atoms with Crippen LogP contribution < -0.4 is 9.64 Å². The summed E-state index contributed by atoms with van der Waals surface area (Å²) in [6.45, 7) is 3.65. The van der Waals surface area contributed by atoms with E-state index in [9.17, 15) is 19.1 Å². The highest BCUT2D eigenvalue weighted by Gasteiger charge is 2.47. The van der Waals surface area contributed by atoms with Gasteiger partial charge in [0.2, 0.25) is 0 Å². The van der Waals surface area contributed by atoms with Gasteiger partial charge in [-0.1, -0.05) is 41.4 Å². The van der Waals surface area contributed by atoms with Crippen LogP contribution in [0.4, 0.5) is 10.1 Å². The van der Waals surface area contributed by atoms with E-state index in [1.54, 1.807) is 6.07 Å². The molecule has 1 heterocycles. The van der Waals surface area contributed by atoms with Crippen LogP contribution >= 0.6 is 23.2 Å². The van der Waals surface area contributed by atoms with Crippen molar-refractivity contribution in [2.24, 2.45) is 0 Å². The molecule has 1 unspecified atom stereocenters. The molecule has 1 N–H and O–H groups in total. The largest absolute Gasteiger partial charge is 0.507 e. The topological polar surface area (TPSA) is 66.8 Å². The van der Waals surface area contributed by atoms with Gasteiger partial charge in [0.25, 0.3) is 11.7 Å². The van der Waals surface area contributed by atoms with Gasteiger partial charge in [-0.2, -0.15) is 0 Å². The molecule has 0 bridgehead atoms. The minimum Gasteiger partial charge on any atom is -0.507 e. The van der Waals surface area contributed by atoms with Crippen molar-refractivity contribution in [3.63, 3.8) is 0 Å². The average molecular weight is 500 g/mol. The Morgan fingerprint density at radius 2 is 1.62 bits per heavy atom. The second-order valence-electron chi connectivity index (χ2n) is 8.01. The van der Waals surface area contributed by atoms with Gasteiger partial charge in [-0.05, 0) is 66.9 Å². The van der Waals surface area contributed by atoms with Crippen molar-refractivity contribution in [2.75, 3.05) is 12.0 Å². The molecule has 0 spiro atoms. The number of ether oxygens (including phenoxy) is 1. The summed E-state index contributed by atoms with van der Waals surface area (Å²) in [4.78, 5) is 27.8. The molecule has 4 rings (SSSR count). The van der Waals surface area contributed by atoms with Gasteiger partial charge in [0.05, 0.1) is 24.3 Å². The molecular formula is C26H20Cl2FNO4. The van der Waals surface area contributed by atoms with Crippen molar-refractivity contribution in [1.82, 2.24) is 0 Å². The van der Waals surface area contributed by atoms with E-state index >= 15 is 0 Å². The van der Waals surface area contributed by atoms with E-state index in [4.69, 9.17) is 27.9 Å². The Bertz CT molecular complexity index is 1330. The summed E-state index contributed by atoms with van der Waals surface area (Å²) in [5, 5.41) is 11.9. The quantitative estimate of drug-likeness (QED) is 0.256. The first-order valence-electron chi connectivity index (χ1n) is 10.3. The molecule has 1 aliphatic heterocycles. The van der Waals surface area contributed by atoms with Crippen molar-refractivity contribution in [3.05, 3.63) is 98.3 Å². The summed E-state index contributed by atoms with van der Waals surface area (Å²) >= 11 is 12.3. The average Bonchev–Trinajstić information content (AvgIpc) is 3.03. The van der Waals surface area contributed by atoms with Gasteiger partial charge in [0.15, 0.2) is 0 Å². The Morgan fingerprint density at radius 3 is 2.21 bits per heavy atom. The van der Waals surface area contributed by atoms with Crippen LogP contribution in [-0.2, 0) is 9.59 Å². The fourth-order valence-electron chi connectivity index (χ4n) is 4.28. The van der Waals surface area contributed by atoms with Gasteiger partial charge in [-0.15, -0.1) is 0 Å². The van der Waals surface area contributed by atoms with Gasteiger partial charge in [-0.3, -0.25) is 14.5 Å². The van der Waals surface area contributed by atoms with Crippen molar-refractivity contribution in [1.29, 1.82) is 0 Å². The molecule has 0 aliphatic carbocycles. The lowest BCUT2D eigenvalue weighted by Crippen LogP contribution is -2.29. The molecule has 5 nitrogen and oxygen atoms in total. The molecule has 3 aromatic rings. The Labute approximate surface area is 206 Å². The zero-order chi connectivity index (χ0) is 24.7. The van der Waals surface area contributed by atoms with Crippen molar-refractivity contribution < 1.29 is 23.8 Å². The number of ketones is 1. The van der Waals surface area contributed by atoms with Gasteiger partial charge < -0.3 is 9.84 Å². The summed E-state index contributed by atoms with van der Waals surface area (Å²) in [7, 11) is 1.46. The summed E-state index contributed by atoms with van der Waals surface area (Å²) in [6.07, 6.45) is 0. The Hall–Kier alpha value is -3.35. The van der Waals surface area contributed by atoms with Crippen LogP contribution in [-0.4, -0.2) is 23.9 Å². The van der Waals surface area contributed by atoms with E-state index in [-0.39, 0.29) is 26.9 Å². The number of nitrogens with zero attached hydrogens (tertiary/aromatic N) is 1. The van der Waals surface area contributed by atoms with Crippen LogP contribution in [0.3, 0.4) is 0 Å². The molecule has 1 saturated heterocycles. The predicted molar refractivity (Wildman–Crippen MR) is 130 cm³/mol. The smallest absolute Gasteiger partial charge is 0.300 e. The summed E-state index contributed by atoms with van der Waals surface area (Å²) in [6, 6.07) is 12.3. The fraction of sp³-hybridized carbons (Fsp3) is 0.154. The number of aliphatic hydroxyl groups excluding tert-OH is 1. The summed E-state index contributed by atoms with van der Waals surface area (Å²) in [5.74, 6) is -2.28. The zero-order valence-corrected chi connectivity index (χ0v) is 20.0. The molecule has 1 atom stereocenters. The molecule has 0 aromatic heterocycles. The number of halogens is 3. The number of hydrogen-bond acceptors (Lipinski definition) is 4. The van der Waals surface area contributed by atoms with E-state index < -0.39 is 29.3 Å². The first-order chi connectivity index (χ1) is 16.1. The van der Waals surface area contributed by atoms with Crippen molar-refractivity contribution in [2.45, 2.75) is 19.9 Å². The number of amides is 1. The lowest BCUT2D eigenvalue weighted by atomic mass is 9.93. The fourth-order valence-corrected chi connectivity index (χ4v) is 4.80. The molecule has 34 heavy (non-hydrogen) atoms. The van der Waals surface area contributed by atoms with Crippen LogP contribution in [0.2, 0.25) is 10.0 Å². The number of benzene rings is 3. The highest BCUT2D eigenvalue weighted by molar-refractivity contribution is 6.52. The number of anilines is 1. The number of aryl methyl sites for hydroxylation is 2. The molecule has 8 heteroatoms. The highest BCUT2D eigenvalue weighted by atomic mass is 35.5. The number of rotatable bonds is 4. The molecule has 1 aliphatic rings. The maximum absolute atomic E-state index is 13.7. The minimum absolute atomic E-state index is 0.156. The van der Waals surface area contributed by atoms with Crippen molar-refractivity contribution in [3.8, 4) is 5.75 Å². The number of methoxy groups -OCH3 is 1. The second kappa shape index (κ2) is 9.12. The van der Waals surface area contributed by atoms with E-state index in [0.29, 0.717) is 11.3 Å². The van der Waals surface area contributed by atoms with Crippen LogP contribution in [0.25, 0.3) is 5.76 Å². The third kappa shape index (κ3) is 4.15. The minimum atomic E-state index is -1.05. The molecular weight excluding hydrogens is 480 g/mol. The SMILES string of the molecule is COc1c(C)cc(C)cc1/C(O)=C1\C(=O)C(=O)N(c2cc(Cl)cc(Cl)c2)C1c1ccc(F)cc1. The number of hydrogen-bond donors (Lipinski definition) is 1. The standard InChI is InChI=1S/C26H20Cl2FNO4/c1-13-8-14(2)25(34-3)20(9-13)23(31)21-22(15-4-6-18(29)7-5-15)30(26(33)24(21)32)19-11-16(27)10-17(28)12-19/h4-12,22,31H,1-3H3/b23-21+. The first kappa shape index (κ1) is 23.8. The van der Waals surface area contributed by atoms with E-state index in [2.05, 4.69) is 0 Å². The Balaban J connectivity index is 2.02. The van der Waals surface area contributed by atoms with Gasteiger partial charge in [0, 0.05) is 15.7 Å². The Kier molecular flexibility index (Phi) is 6.39. The molecule has 1 amide bonds. The number of Topliss-reactive ketones (excluding diaryl/α,β-unsaturated/α-hetero) is 1. The molecule has 0 saturated carbocycles. The molecule has 0 radical (unpaired) electrons. The first-order valence-corrected chi connectivity index (χ1v) is 11.1. The monoisotopic (exact) mass is 499 g/mol. The third-order valence-corrected chi connectivity index (χ3v) is 6.07. The summed E-state index contributed by atoms with van der Waals surface area (Å²) < 4.78 is 19.2. The van der Waals surface area contributed by atoms with Crippen molar-refractivity contribution >= 4 is 46.3 Å². The molecule has 174 valence electrons. The Morgan fingerprint density at radius 1 is 1.00 bits per heavy atom. The normalized spacial score (nSPS) is 17.4. The highest BCUT2D eigenvalue weighted by Crippen LogP contribution is 2.44. The maximum Gasteiger partial charge on any atom is 0.300 e. The van der Waals surface area contributed by atoms with Crippen LogP contribution in [0.15, 0.2) is 60.2 Å². The predicted octanol–water partition coefficient (Wildman–Crippen LogP) is 6.38. The lowest BCUT2D eigenvalue weighted by molar-refractivity contribution is -0.132. The van der Waals surface area contributed by atoms with Gasteiger partial charge in [-0.25, -0.2) is 4.39 Å². The van der Waals surface area contributed by atoms with Gasteiger partial charge in [0.1, 0.15) is 17.3 Å². The lowest BCUT2D eigenvalue weighted by Gasteiger charge is -2.26. The van der Waals surface area contributed by atoms with E-state index in [1.807, 2.05) is 19.9 Å². The molecule has 1 fully saturated rings. The van der Waals surface area contributed by atoms with E-state index in [1.165, 1.54) is 54.5 Å². The zero-order valence-electron chi connectivity index (χ0n) is 18.5. The second-order valence-corrected chi connectivity index (χ2v) is 8.88. The van der Waals surface area contributed by atoms with Crippen LogP contribution in [0.1, 0.15) is 28.3 Å².